The number of carboxylic acid groups (broad SMARTS) is 1. The molecule has 0 amide bonds. The van der Waals surface area contributed by atoms with Crippen molar-refractivity contribution in [3.63, 3.8) is 0 Å². The maximum Gasteiger partial charge on any atom is 0.354 e. The number of nitrogens with zero attached hydrogens (tertiary/aromatic N) is 2. The zero-order valence-corrected chi connectivity index (χ0v) is 19.3. The predicted octanol–water partition coefficient (Wildman–Crippen LogP) is 2.96. The van der Waals surface area contributed by atoms with Crippen molar-refractivity contribution in [1.29, 1.82) is 5.41 Å². The van der Waals surface area contributed by atoms with Gasteiger partial charge in [-0.15, -0.1) is 0 Å². The van der Waals surface area contributed by atoms with E-state index in [4.69, 9.17) is 14.9 Å². The predicted molar refractivity (Wildman–Crippen MR) is 125 cm³/mol. The molecule has 33 heavy (non-hydrogen) atoms. The number of aromatic nitrogens is 1. The number of quaternary nitrogens is 1. The van der Waals surface area contributed by atoms with Crippen molar-refractivity contribution >= 4 is 23.2 Å². The number of hydrogen-bond donors (Lipinski definition) is 3. The molecular weight excluding hydrogens is 420 g/mol. The first-order valence-electron chi connectivity index (χ1n) is 11.7. The van der Waals surface area contributed by atoms with E-state index in [1.54, 1.807) is 0 Å². The van der Waals surface area contributed by atoms with E-state index in [2.05, 4.69) is 23.7 Å². The minimum atomic E-state index is -1.11. The molecule has 4 N–H and O–H groups in total. The van der Waals surface area contributed by atoms with Crippen LogP contribution in [-0.2, 0) is 4.74 Å². The average molecular weight is 454 g/mol. The van der Waals surface area contributed by atoms with Gasteiger partial charge >= 0.3 is 5.97 Å². The zero-order chi connectivity index (χ0) is 23.4. The largest absolute Gasteiger partial charge is 0.491 e. The van der Waals surface area contributed by atoms with Gasteiger partial charge in [-0.25, -0.2) is 4.79 Å². The maximum atomic E-state index is 11.8. The van der Waals surface area contributed by atoms with Crippen LogP contribution in [0.5, 0.6) is 5.75 Å². The van der Waals surface area contributed by atoms with Gasteiger partial charge in [0.2, 0.25) is 5.82 Å². The van der Waals surface area contributed by atoms with Crippen LogP contribution in [0.25, 0.3) is 0 Å². The average Bonchev–Trinajstić information content (AvgIpc) is 2.70. The van der Waals surface area contributed by atoms with E-state index in [1.807, 2.05) is 35.6 Å². The lowest BCUT2D eigenvalue weighted by Crippen LogP contribution is -2.72. The number of carboxylic acids is 1. The number of hydrogen-bond acceptors (Lipinski definition) is 6. The molecule has 1 aliphatic carbocycles. The van der Waals surface area contributed by atoms with Gasteiger partial charge in [0.15, 0.2) is 5.69 Å². The summed E-state index contributed by atoms with van der Waals surface area (Å²) in [6.45, 7) is 6.85. The third-order valence-electron chi connectivity index (χ3n) is 6.48. The molecule has 1 saturated heterocycles. The summed E-state index contributed by atoms with van der Waals surface area (Å²) in [5, 5.41) is 20.4. The van der Waals surface area contributed by atoms with E-state index in [1.165, 1.54) is 6.07 Å². The monoisotopic (exact) mass is 453 g/mol. The topological polar surface area (TPSA) is 112 Å². The van der Waals surface area contributed by atoms with Gasteiger partial charge in [-0.05, 0) is 38.8 Å². The van der Waals surface area contributed by atoms with Crippen molar-refractivity contribution in [2.45, 2.75) is 45.2 Å². The molecule has 0 atom stereocenters. The van der Waals surface area contributed by atoms with Gasteiger partial charge in [0.1, 0.15) is 23.6 Å². The lowest BCUT2D eigenvalue weighted by molar-refractivity contribution is -0.483. The number of nitrogens with two attached hydrogens (primary N) is 1. The molecule has 4 rings (SSSR count). The molecule has 8 heteroatoms. The van der Waals surface area contributed by atoms with Crippen molar-refractivity contribution in [3.8, 4) is 5.75 Å². The molecule has 0 unspecified atom stereocenters. The molecule has 176 valence electrons. The van der Waals surface area contributed by atoms with Crippen LogP contribution in [-0.4, -0.2) is 65.1 Å². The number of benzene rings is 1. The Morgan fingerprint density at radius 3 is 2.58 bits per heavy atom. The van der Waals surface area contributed by atoms with Gasteiger partial charge in [-0.2, -0.15) is 4.98 Å². The highest BCUT2D eigenvalue weighted by molar-refractivity contribution is 6.06. The zero-order valence-electron chi connectivity index (χ0n) is 19.3. The smallest absolute Gasteiger partial charge is 0.354 e. The van der Waals surface area contributed by atoms with E-state index < -0.39 is 5.97 Å². The molecule has 0 bridgehead atoms. The second-order valence-corrected chi connectivity index (χ2v) is 9.04. The highest BCUT2D eigenvalue weighted by Gasteiger charge is 2.32. The summed E-state index contributed by atoms with van der Waals surface area (Å²) in [5.74, 6) is -0.0529. The Balaban J connectivity index is 1.64. The third kappa shape index (κ3) is 5.40. The summed E-state index contributed by atoms with van der Waals surface area (Å²) in [5.41, 5.74) is 1.91. The van der Waals surface area contributed by atoms with Crippen molar-refractivity contribution in [2.75, 3.05) is 26.4 Å². The third-order valence-corrected chi connectivity index (χ3v) is 6.48. The van der Waals surface area contributed by atoms with Crippen LogP contribution in [0.2, 0.25) is 0 Å². The first-order chi connectivity index (χ1) is 15.9. The van der Waals surface area contributed by atoms with Crippen LogP contribution in [0.4, 0.5) is 11.5 Å². The molecule has 1 saturated carbocycles. The van der Waals surface area contributed by atoms with E-state index in [9.17, 15) is 9.90 Å². The Hall–Kier alpha value is -2.81. The van der Waals surface area contributed by atoms with Crippen molar-refractivity contribution in [1.82, 2.24) is 9.88 Å². The van der Waals surface area contributed by atoms with E-state index in [0.717, 1.165) is 38.2 Å². The van der Waals surface area contributed by atoms with E-state index in [-0.39, 0.29) is 11.6 Å². The van der Waals surface area contributed by atoms with Gasteiger partial charge < -0.3 is 20.0 Å². The number of ether oxygens (including phenoxy) is 2. The van der Waals surface area contributed by atoms with Crippen LogP contribution < -0.4 is 10.1 Å². The Morgan fingerprint density at radius 2 is 2.03 bits per heavy atom. The number of nitrogens with one attached hydrogen (secondary N) is 1. The summed E-state index contributed by atoms with van der Waals surface area (Å²) in [7, 11) is 0. The second-order valence-electron chi connectivity index (χ2n) is 9.04. The fourth-order valence-corrected chi connectivity index (χ4v) is 4.29. The van der Waals surface area contributed by atoms with E-state index in [0.29, 0.717) is 48.1 Å². The summed E-state index contributed by atoms with van der Waals surface area (Å²) in [6, 6.07) is 11.9. The summed E-state index contributed by atoms with van der Waals surface area (Å²) >= 11 is 0. The fraction of sp³-hybridized carbons (Fsp3) is 0.480. The van der Waals surface area contributed by atoms with Crippen LogP contribution in [0.1, 0.15) is 49.2 Å². The van der Waals surface area contributed by atoms with Crippen LogP contribution in [0, 0.1) is 11.3 Å². The SMILES string of the molecule is CC(C)N(CCOc1cc(C(=O)O)nc([NH2+]c2ccccc2)c1C(=N)C1CCC1)C1COC1. The maximum absolute atomic E-state index is 11.8. The molecule has 0 radical (unpaired) electrons. The molecule has 2 heterocycles. The Kier molecular flexibility index (Phi) is 7.37. The van der Waals surface area contributed by atoms with Crippen molar-refractivity contribution in [2.24, 2.45) is 5.92 Å². The van der Waals surface area contributed by atoms with Gasteiger partial charge in [0.05, 0.1) is 25.0 Å². The number of para-hydroxylation sites is 1. The fourth-order valence-electron chi connectivity index (χ4n) is 4.29. The molecule has 1 aromatic heterocycles. The summed E-state index contributed by atoms with van der Waals surface area (Å²) in [4.78, 5) is 18.6. The molecule has 1 aromatic carbocycles. The molecule has 1 aliphatic heterocycles. The minimum Gasteiger partial charge on any atom is -0.491 e. The van der Waals surface area contributed by atoms with Gasteiger partial charge in [-0.3, -0.25) is 10.2 Å². The summed E-state index contributed by atoms with van der Waals surface area (Å²) < 4.78 is 11.6. The summed E-state index contributed by atoms with van der Waals surface area (Å²) in [6.07, 6.45) is 3.04. The Bertz CT molecular complexity index is 987. The van der Waals surface area contributed by atoms with E-state index >= 15 is 0 Å². The lowest BCUT2D eigenvalue weighted by atomic mass is 9.79. The van der Waals surface area contributed by atoms with Gasteiger partial charge in [-0.1, -0.05) is 24.6 Å². The van der Waals surface area contributed by atoms with Crippen LogP contribution in [0.15, 0.2) is 36.4 Å². The highest BCUT2D eigenvalue weighted by Crippen LogP contribution is 2.35. The number of pyridine rings is 1. The minimum absolute atomic E-state index is 0.0783. The Morgan fingerprint density at radius 1 is 1.30 bits per heavy atom. The van der Waals surface area contributed by atoms with Crippen molar-refractivity contribution in [3.05, 3.63) is 47.7 Å². The van der Waals surface area contributed by atoms with Gasteiger partial charge in [0.25, 0.3) is 0 Å². The first kappa shape index (κ1) is 23.4. The molecule has 0 spiro atoms. The normalized spacial score (nSPS) is 16.5. The molecule has 2 fully saturated rings. The standard InChI is InChI=1S/C25H32N4O4/c1-16(2)29(19-14-32-15-19)11-12-33-21-13-20(25(30)31)28-24(27-18-9-4-3-5-10-18)22(21)23(26)17-7-6-8-17/h3-5,9-10,13,16-17,19,26H,6-8,11-12,14-15H2,1-2H3,(H,27,28)(H,30,31)/p+1. The first-order valence-corrected chi connectivity index (χ1v) is 11.7. The lowest BCUT2D eigenvalue weighted by Gasteiger charge is -2.39. The quantitative estimate of drug-likeness (QED) is 0.356. The molecule has 8 nitrogen and oxygen atoms in total. The highest BCUT2D eigenvalue weighted by atomic mass is 16.5. The van der Waals surface area contributed by atoms with Crippen molar-refractivity contribution < 1.29 is 24.7 Å². The van der Waals surface area contributed by atoms with Crippen LogP contribution >= 0.6 is 0 Å². The molecule has 2 aliphatic rings. The molecular formula is C25H33N4O4+. The number of carbonyl (C=O) groups is 1. The molecule has 2 aromatic rings. The number of aromatic carboxylic acids is 1. The second kappa shape index (κ2) is 10.4. The Labute approximate surface area is 194 Å². The van der Waals surface area contributed by atoms with Gasteiger partial charge in [0, 0.05) is 24.6 Å². The number of rotatable bonds is 11. The van der Waals surface area contributed by atoms with Crippen LogP contribution in [0.3, 0.4) is 0 Å².